The van der Waals surface area contributed by atoms with E-state index >= 15 is 0 Å². The highest BCUT2D eigenvalue weighted by molar-refractivity contribution is 7.89. The van der Waals surface area contributed by atoms with Crippen LogP contribution in [0.5, 0.6) is 0 Å². The number of rotatable bonds is 6. The monoisotopic (exact) mass is 412 g/mol. The van der Waals surface area contributed by atoms with E-state index in [0.29, 0.717) is 11.1 Å². The molecule has 1 amide bonds. The van der Waals surface area contributed by atoms with E-state index in [1.807, 2.05) is 30.3 Å². The van der Waals surface area contributed by atoms with Gasteiger partial charge in [-0.15, -0.1) is 0 Å². The van der Waals surface area contributed by atoms with Crippen LogP contribution < -0.4 is 10.5 Å². The van der Waals surface area contributed by atoms with Crippen molar-refractivity contribution >= 4 is 32.7 Å². The minimum absolute atomic E-state index is 0.0101. The van der Waals surface area contributed by atoms with E-state index in [4.69, 9.17) is 9.88 Å². The first-order valence-corrected chi connectivity index (χ1v) is 10.4. The third-order valence-electron chi connectivity index (χ3n) is 4.41. The average molecular weight is 412 g/mol. The first-order valence-electron chi connectivity index (χ1n) is 8.82. The van der Waals surface area contributed by atoms with Gasteiger partial charge >= 0.3 is 5.97 Å². The van der Waals surface area contributed by atoms with Gasteiger partial charge in [0.15, 0.2) is 6.61 Å². The van der Waals surface area contributed by atoms with Gasteiger partial charge < -0.3 is 10.1 Å². The number of sulfonamides is 1. The number of carbonyl (C=O) groups is 2. The zero-order valence-electron chi connectivity index (χ0n) is 15.7. The van der Waals surface area contributed by atoms with Crippen LogP contribution in [0.2, 0.25) is 0 Å². The molecule has 1 atom stereocenters. The number of ether oxygens (including phenoxy) is 1. The van der Waals surface area contributed by atoms with Crippen molar-refractivity contribution in [2.75, 3.05) is 6.61 Å². The number of hydrogen-bond acceptors (Lipinski definition) is 5. The van der Waals surface area contributed by atoms with E-state index in [-0.39, 0.29) is 4.90 Å². The number of amides is 1. The Morgan fingerprint density at radius 3 is 2.31 bits per heavy atom. The van der Waals surface area contributed by atoms with Gasteiger partial charge in [0.2, 0.25) is 10.0 Å². The summed E-state index contributed by atoms with van der Waals surface area (Å²) in [6.07, 6.45) is 0. The van der Waals surface area contributed by atoms with Gasteiger partial charge in [0, 0.05) is 0 Å². The number of nitrogens with two attached hydrogens (primary N) is 1. The first kappa shape index (κ1) is 20.5. The third-order valence-corrected chi connectivity index (χ3v) is 5.33. The lowest BCUT2D eigenvalue weighted by Gasteiger charge is -2.15. The quantitative estimate of drug-likeness (QED) is 0.604. The number of benzene rings is 3. The van der Waals surface area contributed by atoms with Crippen molar-refractivity contribution < 1.29 is 22.7 Å². The SMILES string of the molecule is C[C@H](NC(=O)COC(=O)c1ccc2ccccc2c1)c1ccc(S(N)(=O)=O)cc1. The van der Waals surface area contributed by atoms with Crippen LogP contribution >= 0.6 is 0 Å². The van der Waals surface area contributed by atoms with Gasteiger partial charge in [0.05, 0.1) is 16.5 Å². The Bertz CT molecular complexity index is 1160. The molecule has 29 heavy (non-hydrogen) atoms. The van der Waals surface area contributed by atoms with Crippen LogP contribution in [0.1, 0.15) is 28.9 Å². The molecule has 8 heteroatoms. The summed E-state index contributed by atoms with van der Waals surface area (Å²) in [5, 5.41) is 9.67. The molecule has 150 valence electrons. The van der Waals surface area contributed by atoms with Crippen LogP contribution in [-0.2, 0) is 19.6 Å². The topological polar surface area (TPSA) is 116 Å². The van der Waals surface area contributed by atoms with E-state index in [2.05, 4.69) is 5.32 Å². The second kappa shape index (κ2) is 8.42. The Balaban J connectivity index is 1.56. The molecule has 0 aromatic heterocycles. The van der Waals surface area contributed by atoms with Crippen molar-refractivity contribution in [2.45, 2.75) is 17.9 Å². The van der Waals surface area contributed by atoms with E-state index in [0.717, 1.165) is 10.8 Å². The molecule has 0 aliphatic heterocycles. The molecule has 0 radical (unpaired) electrons. The Labute approximate surface area is 168 Å². The highest BCUT2D eigenvalue weighted by atomic mass is 32.2. The zero-order chi connectivity index (χ0) is 21.0. The second-order valence-corrected chi connectivity index (χ2v) is 8.10. The second-order valence-electron chi connectivity index (χ2n) is 6.54. The standard InChI is InChI=1S/C21H20N2O5S/c1-14(15-8-10-19(11-9-15)29(22,26)27)23-20(24)13-28-21(25)18-7-6-16-4-2-3-5-17(16)12-18/h2-12,14H,13H2,1H3,(H,23,24)(H2,22,26,27)/t14-/m0/s1. The summed E-state index contributed by atoms with van der Waals surface area (Å²) in [5.74, 6) is -1.06. The molecule has 0 fully saturated rings. The minimum atomic E-state index is -3.77. The maximum atomic E-state index is 12.2. The van der Waals surface area contributed by atoms with Gasteiger partial charge in [0.1, 0.15) is 0 Å². The fourth-order valence-electron chi connectivity index (χ4n) is 2.84. The van der Waals surface area contributed by atoms with Crippen molar-refractivity contribution in [1.29, 1.82) is 0 Å². The Kier molecular flexibility index (Phi) is 5.95. The van der Waals surface area contributed by atoms with E-state index < -0.39 is 34.5 Å². The highest BCUT2D eigenvalue weighted by Gasteiger charge is 2.14. The fraction of sp³-hybridized carbons (Fsp3) is 0.143. The number of fused-ring (bicyclic) bond motifs is 1. The van der Waals surface area contributed by atoms with E-state index in [9.17, 15) is 18.0 Å². The number of primary sulfonamides is 1. The molecule has 0 bridgehead atoms. The van der Waals surface area contributed by atoms with Crippen molar-refractivity contribution in [1.82, 2.24) is 5.32 Å². The number of nitrogens with one attached hydrogen (secondary N) is 1. The molecule has 3 rings (SSSR count). The molecule has 3 N–H and O–H groups in total. The molecule has 0 saturated heterocycles. The third kappa shape index (κ3) is 5.18. The molecular formula is C21H20N2O5S. The highest BCUT2D eigenvalue weighted by Crippen LogP contribution is 2.17. The van der Waals surface area contributed by atoms with Crippen molar-refractivity contribution in [2.24, 2.45) is 5.14 Å². The van der Waals surface area contributed by atoms with Crippen LogP contribution in [0.3, 0.4) is 0 Å². The van der Waals surface area contributed by atoms with Gasteiger partial charge in [-0.2, -0.15) is 0 Å². The number of hydrogen-bond donors (Lipinski definition) is 2. The predicted octanol–water partition coefficient (Wildman–Crippen LogP) is 2.52. The summed E-state index contributed by atoms with van der Waals surface area (Å²) in [7, 11) is -3.77. The van der Waals surface area contributed by atoms with Crippen LogP contribution in [0.25, 0.3) is 10.8 Å². The summed E-state index contributed by atoms with van der Waals surface area (Å²) in [4.78, 5) is 24.3. The summed E-state index contributed by atoms with van der Waals surface area (Å²) >= 11 is 0. The maximum Gasteiger partial charge on any atom is 0.338 e. The zero-order valence-corrected chi connectivity index (χ0v) is 16.5. The number of esters is 1. The largest absolute Gasteiger partial charge is 0.452 e. The van der Waals surface area contributed by atoms with Crippen LogP contribution in [0.15, 0.2) is 71.6 Å². The average Bonchev–Trinajstić information content (AvgIpc) is 2.71. The summed E-state index contributed by atoms with van der Waals surface area (Å²) in [6, 6.07) is 18.3. The smallest absolute Gasteiger partial charge is 0.338 e. The van der Waals surface area contributed by atoms with Gasteiger partial charge in [-0.05, 0) is 47.5 Å². The summed E-state index contributed by atoms with van der Waals surface area (Å²) in [5.41, 5.74) is 1.05. The molecule has 7 nitrogen and oxygen atoms in total. The minimum Gasteiger partial charge on any atom is -0.452 e. The Hall–Kier alpha value is -3.23. The molecule has 0 spiro atoms. The normalized spacial score (nSPS) is 12.3. The van der Waals surface area contributed by atoms with Crippen molar-refractivity contribution in [3.05, 3.63) is 77.9 Å². The summed E-state index contributed by atoms with van der Waals surface area (Å²) < 4.78 is 27.7. The van der Waals surface area contributed by atoms with Gasteiger partial charge in [-0.25, -0.2) is 18.4 Å². The van der Waals surface area contributed by atoms with Crippen LogP contribution in [-0.4, -0.2) is 26.9 Å². The lowest BCUT2D eigenvalue weighted by molar-refractivity contribution is -0.124. The van der Waals surface area contributed by atoms with E-state index in [1.54, 1.807) is 31.2 Å². The molecule has 0 saturated carbocycles. The lowest BCUT2D eigenvalue weighted by atomic mass is 10.1. The van der Waals surface area contributed by atoms with Gasteiger partial charge in [0.25, 0.3) is 5.91 Å². The van der Waals surface area contributed by atoms with Gasteiger partial charge in [-0.3, -0.25) is 4.79 Å². The fourth-order valence-corrected chi connectivity index (χ4v) is 3.36. The molecule has 0 unspecified atom stereocenters. The van der Waals surface area contributed by atoms with Gasteiger partial charge in [-0.1, -0.05) is 42.5 Å². The Morgan fingerprint density at radius 1 is 1.00 bits per heavy atom. The number of carbonyl (C=O) groups excluding carboxylic acids is 2. The molecule has 0 aliphatic carbocycles. The lowest BCUT2D eigenvalue weighted by Crippen LogP contribution is -2.31. The molecule has 3 aromatic carbocycles. The van der Waals surface area contributed by atoms with Crippen LogP contribution in [0.4, 0.5) is 0 Å². The van der Waals surface area contributed by atoms with E-state index in [1.165, 1.54) is 12.1 Å². The van der Waals surface area contributed by atoms with Crippen LogP contribution in [0, 0.1) is 0 Å². The molecule has 0 heterocycles. The molecular weight excluding hydrogens is 392 g/mol. The molecule has 0 aliphatic rings. The predicted molar refractivity (Wildman–Crippen MR) is 109 cm³/mol. The van der Waals surface area contributed by atoms with Crippen molar-refractivity contribution in [3.63, 3.8) is 0 Å². The van der Waals surface area contributed by atoms with Crippen molar-refractivity contribution in [3.8, 4) is 0 Å². The first-order chi connectivity index (χ1) is 13.7. The maximum absolute atomic E-state index is 12.2. The summed E-state index contributed by atoms with van der Waals surface area (Å²) in [6.45, 7) is 1.31. The molecule has 3 aromatic rings. The Morgan fingerprint density at radius 2 is 1.66 bits per heavy atom.